The van der Waals surface area contributed by atoms with E-state index in [1.807, 2.05) is 37.3 Å². The van der Waals surface area contributed by atoms with Gasteiger partial charge in [-0.25, -0.2) is 4.39 Å². The number of benzene rings is 2. The van der Waals surface area contributed by atoms with Gasteiger partial charge in [0.2, 0.25) is 0 Å². The largest absolute Gasteiger partial charge is 0.497 e. The lowest BCUT2D eigenvalue weighted by Gasteiger charge is -2.15. The number of hydrogen-bond donors (Lipinski definition) is 1. The van der Waals surface area contributed by atoms with Gasteiger partial charge in [0.15, 0.2) is 0 Å². The van der Waals surface area contributed by atoms with Gasteiger partial charge >= 0.3 is 0 Å². The summed E-state index contributed by atoms with van der Waals surface area (Å²) in [5.74, 6) is 0.191. The molecule has 0 heterocycles. The average Bonchev–Trinajstić information content (AvgIpc) is 2.48. The molecule has 2 rings (SSSR count). The molecule has 0 aliphatic rings. The van der Waals surface area contributed by atoms with E-state index in [-0.39, 0.29) is 11.9 Å². The minimum absolute atomic E-state index is 0.246. The Hall–Kier alpha value is -1.91. The summed E-state index contributed by atoms with van der Waals surface area (Å²) < 4.78 is 18.8. The summed E-state index contributed by atoms with van der Waals surface area (Å²) in [5.41, 5.74) is 4.44. The van der Waals surface area contributed by atoms with Gasteiger partial charge in [-0.3, -0.25) is 4.84 Å². The second kappa shape index (κ2) is 7.03. The molecule has 4 heteroatoms. The average molecular weight is 275 g/mol. The first-order valence-corrected chi connectivity index (χ1v) is 6.45. The minimum Gasteiger partial charge on any atom is -0.497 e. The molecule has 0 aliphatic carbocycles. The molecule has 2 aromatic rings. The molecule has 1 N–H and O–H groups in total. The van der Waals surface area contributed by atoms with E-state index in [4.69, 9.17) is 9.57 Å². The molecule has 0 amide bonds. The molecular weight excluding hydrogens is 257 g/mol. The number of methoxy groups -OCH3 is 1. The van der Waals surface area contributed by atoms with Crippen molar-refractivity contribution in [1.29, 1.82) is 0 Å². The number of ether oxygens (including phenoxy) is 1. The van der Waals surface area contributed by atoms with E-state index in [2.05, 4.69) is 5.48 Å². The van der Waals surface area contributed by atoms with Crippen LogP contribution in [0.1, 0.15) is 24.1 Å². The summed E-state index contributed by atoms with van der Waals surface area (Å²) in [4.78, 5) is 5.40. The number of nitrogens with one attached hydrogen (secondary N) is 1. The molecule has 0 spiro atoms. The Morgan fingerprint density at radius 1 is 1.15 bits per heavy atom. The van der Waals surface area contributed by atoms with Crippen LogP contribution in [-0.4, -0.2) is 7.11 Å². The monoisotopic (exact) mass is 275 g/mol. The maximum absolute atomic E-state index is 13.9. The highest BCUT2D eigenvalue weighted by molar-refractivity contribution is 5.30. The first kappa shape index (κ1) is 14.5. The van der Waals surface area contributed by atoms with E-state index in [1.165, 1.54) is 13.2 Å². The predicted octanol–water partition coefficient (Wildman–Crippen LogP) is 3.62. The summed E-state index contributed by atoms with van der Waals surface area (Å²) in [5, 5.41) is 0. The topological polar surface area (TPSA) is 30.5 Å². The molecule has 0 aromatic heterocycles. The summed E-state index contributed by atoms with van der Waals surface area (Å²) in [6.07, 6.45) is 0. The standard InChI is InChI=1S/C16H18FNO2/c1-12(15-9-8-14(19-2)10-16(15)17)18-20-11-13-6-4-3-5-7-13/h3-10,12,18H,11H2,1-2H3. The van der Waals surface area contributed by atoms with Crippen molar-refractivity contribution < 1.29 is 14.0 Å². The van der Waals surface area contributed by atoms with E-state index in [0.29, 0.717) is 17.9 Å². The van der Waals surface area contributed by atoms with Crippen LogP contribution in [0.3, 0.4) is 0 Å². The van der Waals surface area contributed by atoms with Crippen LogP contribution in [0.15, 0.2) is 48.5 Å². The van der Waals surface area contributed by atoms with Crippen molar-refractivity contribution in [2.45, 2.75) is 19.6 Å². The van der Waals surface area contributed by atoms with Crippen LogP contribution in [0.25, 0.3) is 0 Å². The third-order valence-electron chi connectivity index (χ3n) is 3.02. The van der Waals surface area contributed by atoms with Gasteiger partial charge in [-0.2, -0.15) is 5.48 Å². The van der Waals surface area contributed by atoms with Crippen LogP contribution >= 0.6 is 0 Å². The van der Waals surface area contributed by atoms with Crippen molar-refractivity contribution in [2.75, 3.05) is 7.11 Å². The number of halogens is 1. The lowest BCUT2D eigenvalue weighted by molar-refractivity contribution is 0.00627. The molecule has 0 bridgehead atoms. The molecule has 0 saturated heterocycles. The molecule has 106 valence electrons. The minimum atomic E-state index is -0.312. The van der Waals surface area contributed by atoms with Crippen molar-refractivity contribution >= 4 is 0 Å². The Balaban J connectivity index is 1.90. The molecule has 3 nitrogen and oxygen atoms in total. The van der Waals surface area contributed by atoms with E-state index in [9.17, 15) is 4.39 Å². The van der Waals surface area contributed by atoms with Crippen molar-refractivity contribution in [2.24, 2.45) is 0 Å². The summed E-state index contributed by atoms with van der Waals surface area (Å²) in [6, 6.07) is 14.3. The van der Waals surface area contributed by atoms with E-state index in [0.717, 1.165) is 5.56 Å². The summed E-state index contributed by atoms with van der Waals surface area (Å²) in [7, 11) is 1.51. The zero-order valence-corrected chi connectivity index (χ0v) is 11.6. The Morgan fingerprint density at radius 2 is 1.90 bits per heavy atom. The van der Waals surface area contributed by atoms with Gasteiger partial charge in [-0.15, -0.1) is 0 Å². The molecule has 0 fully saturated rings. The summed E-state index contributed by atoms with van der Waals surface area (Å²) >= 11 is 0. The fourth-order valence-corrected chi connectivity index (χ4v) is 1.87. The zero-order chi connectivity index (χ0) is 14.4. The van der Waals surface area contributed by atoms with Gasteiger partial charge in [0.25, 0.3) is 0 Å². The maximum atomic E-state index is 13.9. The molecule has 0 saturated carbocycles. The van der Waals surface area contributed by atoms with Crippen molar-refractivity contribution in [1.82, 2.24) is 5.48 Å². The highest BCUT2D eigenvalue weighted by Crippen LogP contribution is 2.21. The molecule has 1 atom stereocenters. The Morgan fingerprint density at radius 3 is 2.55 bits per heavy atom. The van der Waals surface area contributed by atoms with Crippen molar-refractivity contribution in [3.05, 3.63) is 65.5 Å². The Bertz CT molecular complexity index is 545. The fraction of sp³-hybridized carbons (Fsp3) is 0.250. The Kier molecular flexibility index (Phi) is 5.09. The molecule has 20 heavy (non-hydrogen) atoms. The van der Waals surface area contributed by atoms with Gasteiger partial charge in [-0.05, 0) is 18.6 Å². The van der Waals surface area contributed by atoms with Gasteiger partial charge < -0.3 is 4.74 Å². The van der Waals surface area contributed by atoms with Crippen molar-refractivity contribution in [3.63, 3.8) is 0 Å². The fourth-order valence-electron chi connectivity index (χ4n) is 1.87. The second-order valence-corrected chi connectivity index (χ2v) is 4.50. The number of hydrogen-bond acceptors (Lipinski definition) is 3. The predicted molar refractivity (Wildman–Crippen MR) is 75.7 cm³/mol. The zero-order valence-electron chi connectivity index (χ0n) is 11.6. The maximum Gasteiger partial charge on any atom is 0.131 e. The van der Waals surface area contributed by atoms with Gasteiger partial charge in [0, 0.05) is 11.6 Å². The third-order valence-corrected chi connectivity index (χ3v) is 3.02. The van der Waals surface area contributed by atoms with Gasteiger partial charge in [-0.1, -0.05) is 36.4 Å². The second-order valence-electron chi connectivity index (χ2n) is 4.50. The van der Waals surface area contributed by atoms with Gasteiger partial charge in [0.05, 0.1) is 19.8 Å². The van der Waals surface area contributed by atoms with Crippen molar-refractivity contribution in [3.8, 4) is 5.75 Å². The van der Waals surface area contributed by atoms with E-state index in [1.54, 1.807) is 12.1 Å². The highest BCUT2D eigenvalue weighted by atomic mass is 19.1. The van der Waals surface area contributed by atoms with Crippen LogP contribution in [0.2, 0.25) is 0 Å². The van der Waals surface area contributed by atoms with E-state index < -0.39 is 0 Å². The number of rotatable bonds is 6. The lowest BCUT2D eigenvalue weighted by Crippen LogP contribution is -2.20. The van der Waals surface area contributed by atoms with E-state index >= 15 is 0 Å². The third kappa shape index (κ3) is 3.79. The van der Waals surface area contributed by atoms with Crippen LogP contribution < -0.4 is 10.2 Å². The van der Waals surface area contributed by atoms with Crippen LogP contribution in [0.4, 0.5) is 4.39 Å². The lowest BCUT2D eigenvalue weighted by atomic mass is 10.1. The molecular formula is C16H18FNO2. The smallest absolute Gasteiger partial charge is 0.131 e. The van der Waals surface area contributed by atoms with Crippen LogP contribution in [0.5, 0.6) is 5.75 Å². The quantitative estimate of drug-likeness (QED) is 0.817. The first-order valence-electron chi connectivity index (χ1n) is 6.45. The normalized spacial score (nSPS) is 12.2. The van der Waals surface area contributed by atoms with Crippen LogP contribution in [0, 0.1) is 5.82 Å². The molecule has 0 aliphatic heterocycles. The van der Waals surface area contributed by atoms with Crippen LogP contribution in [-0.2, 0) is 11.4 Å². The SMILES string of the molecule is COc1ccc(C(C)NOCc2ccccc2)c(F)c1. The molecule has 2 aromatic carbocycles. The molecule has 0 radical (unpaired) electrons. The first-order chi connectivity index (χ1) is 9.70. The number of hydroxylamine groups is 1. The highest BCUT2D eigenvalue weighted by Gasteiger charge is 2.11. The molecule has 1 unspecified atom stereocenters. The Labute approximate surface area is 118 Å². The van der Waals surface area contributed by atoms with Gasteiger partial charge in [0.1, 0.15) is 11.6 Å². The summed E-state index contributed by atoms with van der Waals surface area (Å²) in [6.45, 7) is 2.28.